The summed E-state index contributed by atoms with van der Waals surface area (Å²) < 4.78 is 10.3. The van der Waals surface area contributed by atoms with Crippen molar-refractivity contribution >= 4 is 57.3 Å². The maximum absolute atomic E-state index is 12.5. The van der Waals surface area contributed by atoms with Gasteiger partial charge in [0.15, 0.2) is 4.34 Å². The number of carbonyl (C=O) groups is 3. The highest BCUT2D eigenvalue weighted by molar-refractivity contribution is 8.01. The van der Waals surface area contributed by atoms with E-state index in [9.17, 15) is 14.4 Å². The Morgan fingerprint density at radius 1 is 1.10 bits per heavy atom. The number of benzene rings is 1. The average Bonchev–Trinajstić information content (AvgIpc) is 3.36. The summed E-state index contributed by atoms with van der Waals surface area (Å²) in [4.78, 5) is 41.3. The zero-order chi connectivity index (χ0) is 21.7. The first-order valence-corrected chi connectivity index (χ1v) is 11.4. The van der Waals surface area contributed by atoms with E-state index in [2.05, 4.69) is 10.3 Å². The molecule has 0 unspecified atom stereocenters. The van der Waals surface area contributed by atoms with Gasteiger partial charge in [-0.1, -0.05) is 42.1 Å². The van der Waals surface area contributed by atoms with Crippen LogP contribution in [-0.2, 0) is 14.3 Å². The van der Waals surface area contributed by atoms with E-state index in [1.807, 2.05) is 35.7 Å². The van der Waals surface area contributed by atoms with Gasteiger partial charge in [0.05, 0.1) is 31.2 Å². The van der Waals surface area contributed by atoms with Gasteiger partial charge in [-0.25, -0.2) is 14.6 Å². The Balaban J connectivity index is 1.70. The molecule has 1 N–H and O–H groups in total. The molecule has 3 aromatic rings. The van der Waals surface area contributed by atoms with Gasteiger partial charge >= 0.3 is 11.9 Å². The van der Waals surface area contributed by atoms with Crippen molar-refractivity contribution in [1.29, 1.82) is 0 Å². The predicted octanol–water partition coefficient (Wildman–Crippen LogP) is 4.48. The second kappa shape index (κ2) is 9.88. The molecule has 0 atom stereocenters. The molecule has 0 bridgehead atoms. The van der Waals surface area contributed by atoms with E-state index in [-0.39, 0.29) is 27.1 Å². The number of thiophene rings is 1. The first-order chi connectivity index (χ1) is 14.4. The summed E-state index contributed by atoms with van der Waals surface area (Å²) in [6.45, 7) is 1.61. The van der Waals surface area contributed by atoms with Gasteiger partial charge in [-0.2, -0.15) is 0 Å². The molecule has 0 aliphatic rings. The number of ether oxygens (including phenoxy) is 2. The molecule has 1 amide bonds. The van der Waals surface area contributed by atoms with Gasteiger partial charge in [0, 0.05) is 10.9 Å². The van der Waals surface area contributed by atoms with Crippen molar-refractivity contribution in [3.05, 3.63) is 51.7 Å². The van der Waals surface area contributed by atoms with Crippen LogP contribution in [0.25, 0.3) is 11.3 Å². The van der Waals surface area contributed by atoms with Crippen molar-refractivity contribution in [3.8, 4) is 11.3 Å². The Morgan fingerprint density at radius 2 is 1.80 bits per heavy atom. The van der Waals surface area contributed by atoms with E-state index in [0.29, 0.717) is 5.56 Å². The number of carbonyl (C=O) groups excluding carboxylic acids is 3. The Bertz CT molecular complexity index is 1080. The van der Waals surface area contributed by atoms with Crippen LogP contribution in [0, 0.1) is 6.92 Å². The number of amides is 1. The largest absolute Gasteiger partial charge is 0.465 e. The number of aromatic nitrogens is 1. The van der Waals surface area contributed by atoms with Crippen LogP contribution in [0.15, 0.2) is 40.1 Å². The number of thioether (sulfide) groups is 1. The molecule has 30 heavy (non-hydrogen) atoms. The van der Waals surface area contributed by atoms with Crippen molar-refractivity contribution < 1.29 is 23.9 Å². The van der Waals surface area contributed by atoms with Crippen LogP contribution in [0.3, 0.4) is 0 Å². The third kappa shape index (κ3) is 4.89. The molecule has 2 aromatic heterocycles. The summed E-state index contributed by atoms with van der Waals surface area (Å²) >= 11 is 3.74. The lowest BCUT2D eigenvalue weighted by molar-refractivity contribution is -0.113. The molecule has 0 spiro atoms. The summed E-state index contributed by atoms with van der Waals surface area (Å²) in [7, 11) is 2.50. The van der Waals surface area contributed by atoms with Crippen molar-refractivity contribution in [3.63, 3.8) is 0 Å². The second-order valence-electron chi connectivity index (χ2n) is 5.95. The molecular formula is C20H18N2O5S3. The van der Waals surface area contributed by atoms with Crippen LogP contribution in [0.2, 0.25) is 0 Å². The molecule has 2 heterocycles. The van der Waals surface area contributed by atoms with Gasteiger partial charge in [-0.3, -0.25) is 4.79 Å². The summed E-state index contributed by atoms with van der Waals surface area (Å²) in [6, 6.07) is 9.78. The molecular weight excluding hydrogens is 444 g/mol. The molecule has 0 aliphatic carbocycles. The van der Waals surface area contributed by atoms with Crippen molar-refractivity contribution in [2.75, 3.05) is 25.3 Å². The van der Waals surface area contributed by atoms with Gasteiger partial charge in [-0.15, -0.1) is 22.7 Å². The molecule has 156 valence electrons. The van der Waals surface area contributed by atoms with Crippen molar-refractivity contribution in [1.82, 2.24) is 4.98 Å². The SMILES string of the molecule is COC(=O)c1sc(NC(=O)CSc2nc(-c3ccccc3)cs2)c(C(=O)OC)c1C. The fraction of sp³-hybridized carbons (Fsp3) is 0.200. The van der Waals surface area contributed by atoms with E-state index in [0.717, 1.165) is 26.9 Å². The van der Waals surface area contributed by atoms with E-state index in [1.54, 1.807) is 6.92 Å². The average molecular weight is 463 g/mol. The van der Waals surface area contributed by atoms with Crippen LogP contribution in [0.5, 0.6) is 0 Å². The predicted molar refractivity (Wildman–Crippen MR) is 119 cm³/mol. The maximum atomic E-state index is 12.5. The van der Waals surface area contributed by atoms with Gasteiger partial charge in [0.2, 0.25) is 5.91 Å². The van der Waals surface area contributed by atoms with E-state index in [4.69, 9.17) is 9.47 Å². The fourth-order valence-corrected chi connectivity index (χ4v) is 5.36. The zero-order valence-electron chi connectivity index (χ0n) is 16.4. The highest BCUT2D eigenvalue weighted by Crippen LogP contribution is 2.34. The number of anilines is 1. The van der Waals surface area contributed by atoms with Crippen LogP contribution >= 0.6 is 34.4 Å². The minimum atomic E-state index is -0.630. The summed E-state index contributed by atoms with van der Waals surface area (Å²) in [5, 5.41) is 4.90. The number of esters is 2. The molecule has 0 saturated heterocycles. The Kier molecular flexibility index (Phi) is 7.24. The van der Waals surface area contributed by atoms with Gasteiger partial charge in [0.25, 0.3) is 0 Å². The Hall–Kier alpha value is -2.69. The number of nitrogens with one attached hydrogen (secondary N) is 1. The van der Waals surface area contributed by atoms with Crippen LogP contribution in [0.4, 0.5) is 5.00 Å². The number of rotatable bonds is 7. The lowest BCUT2D eigenvalue weighted by Crippen LogP contribution is -2.16. The molecule has 10 heteroatoms. The third-order valence-corrected chi connectivity index (χ3v) is 7.25. The fourth-order valence-electron chi connectivity index (χ4n) is 2.59. The molecule has 0 aliphatic heterocycles. The molecule has 0 saturated carbocycles. The summed E-state index contributed by atoms with van der Waals surface area (Å²) in [5.74, 6) is -1.42. The summed E-state index contributed by atoms with van der Waals surface area (Å²) in [6.07, 6.45) is 0. The zero-order valence-corrected chi connectivity index (χ0v) is 18.8. The molecule has 0 fully saturated rings. The van der Waals surface area contributed by atoms with Gasteiger partial charge in [-0.05, 0) is 12.5 Å². The topological polar surface area (TPSA) is 94.6 Å². The molecule has 3 rings (SSSR count). The van der Waals surface area contributed by atoms with Crippen LogP contribution in [0.1, 0.15) is 25.6 Å². The maximum Gasteiger partial charge on any atom is 0.348 e. The van der Waals surface area contributed by atoms with Gasteiger partial charge < -0.3 is 14.8 Å². The quantitative estimate of drug-likeness (QED) is 0.408. The highest BCUT2D eigenvalue weighted by atomic mass is 32.2. The highest BCUT2D eigenvalue weighted by Gasteiger charge is 2.26. The lowest BCUT2D eigenvalue weighted by atomic mass is 10.1. The van der Waals surface area contributed by atoms with Crippen molar-refractivity contribution in [2.45, 2.75) is 11.3 Å². The minimum absolute atomic E-state index is 0.104. The summed E-state index contributed by atoms with van der Waals surface area (Å²) in [5.41, 5.74) is 2.43. The third-order valence-electron chi connectivity index (χ3n) is 4.04. The Morgan fingerprint density at radius 3 is 2.47 bits per heavy atom. The lowest BCUT2D eigenvalue weighted by Gasteiger charge is -2.05. The Labute approximate surface area is 185 Å². The molecule has 1 aromatic carbocycles. The number of nitrogens with zero attached hydrogens (tertiary/aromatic N) is 1. The number of hydrogen-bond acceptors (Lipinski definition) is 9. The van der Waals surface area contributed by atoms with E-state index < -0.39 is 11.9 Å². The van der Waals surface area contributed by atoms with Gasteiger partial charge in [0.1, 0.15) is 9.88 Å². The van der Waals surface area contributed by atoms with Crippen LogP contribution < -0.4 is 5.32 Å². The first-order valence-electron chi connectivity index (χ1n) is 8.68. The monoisotopic (exact) mass is 462 g/mol. The molecule has 7 nitrogen and oxygen atoms in total. The minimum Gasteiger partial charge on any atom is -0.465 e. The first kappa shape index (κ1) is 22.0. The second-order valence-corrected chi connectivity index (χ2v) is 9.05. The van der Waals surface area contributed by atoms with Crippen LogP contribution in [-0.4, -0.2) is 42.8 Å². The standard InChI is InChI=1S/C20H18N2O5S3/c1-11-15(18(24)26-2)17(30-16(11)19(25)27-3)22-14(23)10-29-20-21-13(9-28-20)12-7-5-4-6-8-12/h4-9H,10H2,1-3H3,(H,22,23). The molecule has 0 radical (unpaired) electrons. The number of methoxy groups -OCH3 is 2. The number of thiazole rings is 1. The normalized spacial score (nSPS) is 10.5. The smallest absolute Gasteiger partial charge is 0.348 e. The van der Waals surface area contributed by atoms with Crippen molar-refractivity contribution in [2.24, 2.45) is 0 Å². The number of hydrogen-bond donors (Lipinski definition) is 1. The van der Waals surface area contributed by atoms with E-state index in [1.165, 1.54) is 37.3 Å². The van der Waals surface area contributed by atoms with E-state index >= 15 is 0 Å².